The molecule has 0 radical (unpaired) electrons. The highest BCUT2D eigenvalue weighted by atomic mass is 19.3. The van der Waals surface area contributed by atoms with Crippen LogP contribution in [-0.2, 0) is 4.79 Å². The standard InChI is InChI=1S/C19H30F2N6O/c20-18(21)13-4-2-1-3-12(13)9-27-11-23-15-5-6-26(10-17(15)27)16-8-24-25-19(28)14(16)7-22/h12-18,23-24H,1-6,8-11H2,(H,25,28). The molecule has 0 aromatic heterocycles. The molecule has 9 heteroatoms. The molecule has 1 aliphatic carbocycles. The van der Waals surface area contributed by atoms with Crippen molar-refractivity contribution in [2.24, 2.45) is 17.8 Å². The number of amides is 1. The first-order valence-corrected chi connectivity index (χ1v) is 10.5. The Morgan fingerprint density at radius 1 is 1.21 bits per heavy atom. The van der Waals surface area contributed by atoms with E-state index in [4.69, 9.17) is 0 Å². The molecule has 6 unspecified atom stereocenters. The van der Waals surface area contributed by atoms with Gasteiger partial charge < -0.3 is 0 Å². The van der Waals surface area contributed by atoms with E-state index < -0.39 is 18.3 Å². The molecule has 1 amide bonds. The molecule has 156 valence electrons. The van der Waals surface area contributed by atoms with Gasteiger partial charge in [-0.2, -0.15) is 5.26 Å². The van der Waals surface area contributed by atoms with Gasteiger partial charge in [-0.15, -0.1) is 0 Å². The molecule has 3 saturated heterocycles. The van der Waals surface area contributed by atoms with Crippen molar-refractivity contribution >= 4 is 5.91 Å². The SMILES string of the molecule is N#CC1C(=O)NNCC1N1CCC2NCN(CC3CCCCC3C(F)F)C2C1. The van der Waals surface area contributed by atoms with Gasteiger partial charge >= 0.3 is 0 Å². The molecule has 1 saturated carbocycles. The normalized spacial score (nSPS) is 40.1. The Bertz CT molecular complexity index is 614. The van der Waals surface area contributed by atoms with Gasteiger partial charge in [0, 0.05) is 56.9 Å². The second kappa shape index (κ2) is 8.57. The fourth-order valence-corrected chi connectivity index (χ4v) is 5.61. The molecule has 6 atom stereocenters. The molecule has 3 N–H and O–H groups in total. The Morgan fingerprint density at radius 3 is 2.82 bits per heavy atom. The quantitative estimate of drug-likeness (QED) is 0.642. The van der Waals surface area contributed by atoms with Gasteiger partial charge in [0.05, 0.1) is 6.07 Å². The summed E-state index contributed by atoms with van der Waals surface area (Å²) in [4.78, 5) is 16.6. The lowest BCUT2D eigenvalue weighted by Crippen LogP contribution is -2.64. The van der Waals surface area contributed by atoms with Crippen LogP contribution in [0.5, 0.6) is 0 Å². The maximum atomic E-state index is 13.5. The molecule has 4 fully saturated rings. The minimum absolute atomic E-state index is 0.0543. The van der Waals surface area contributed by atoms with Crippen LogP contribution < -0.4 is 16.2 Å². The van der Waals surface area contributed by atoms with E-state index in [1.54, 1.807) is 0 Å². The first-order chi connectivity index (χ1) is 13.6. The van der Waals surface area contributed by atoms with Crippen LogP contribution in [0.15, 0.2) is 0 Å². The van der Waals surface area contributed by atoms with Gasteiger partial charge in [0.1, 0.15) is 5.92 Å². The second-order valence-electron chi connectivity index (χ2n) is 8.68. The van der Waals surface area contributed by atoms with Gasteiger partial charge in [0.25, 0.3) is 5.91 Å². The first-order valence-electron chi connectivity index (χ1n) is 10.5. The van der Waals surface area contributed by atoms with Gasteiger partial charge in [-0.05, 0) is 25.2 Å². The van der Waals surface area contributed by atoms with Crippen molar-refractivity contribution in [2.75, 3.05) is 32.8 Å². The molecule has 4 rings (SSSR count). The molecule has 0 aromatic rings. The first kappa shape index (κ1) is 20.0. The number of halogens is 2. The van der Waals surface area contributed by atoms with Gasteiger partial charge in [0.2, 0.25) is 6.43 Å². The van der Waals surface area contributed by atoms with E-state index in [0.29, 0.717) is 25.6 Å². The average Bonchev–Trinajstić information content (AvgIpc) is 3.10. The van der Waals surface area contributed by atoms with Gasteiger partial charge in [-0.1, -0.05) is 12.8 Å². The van der Waals surface area contributed by atoms with Crippen molar-refractivity contribution in [1.29, 1.82) is 5.26 Å². The summed E-state index contributed by atoms with van der Waals surface area (Å²) in [5.74, 6) is -1.38. The molecule has 28 heavy (non-hydrogen) atoms. The fraction of sp³-hybridized carbons (Fsp3) is 0.895. The fourth-order valence-electron chi connectivity index (χ4n) is 5.61. The number of nitrogens with one attached hydrogen (secondary N) is 3. The zero-order chi connectivity index (χ0) is 19.7. The Kier molecular flexibility index (Phi) is 6.11. The zero-order valence-electron chi connectivity index (χ0n) is 16.1. The Hall–Kier alpha value is -1.34. The summed E-state index contributed by atoms with van der Waals surface area (Å²) in [6, 6.07) is 2.61. The van der Waals surface area contributed by atoms with Crippen molar-refractivity contribution in [3.8, 4) is 6.07 Å². The summed E-state index contributed by atoms with van der Waals surface area (Å²) < 4.78 is 27.0. The molecule has 3 aliphatic heterocycles. The number of likely N-dealkylation sites (tertiary alicyclic amines) is 1. The lowest BCUT2D eigenvalue weighted by molar-refractivity contribution is -0.129. The monoisotopic (exact) mass is 396 g/mol. The minimum atomic E-state index is -2.23. The highest BCUT2D eigenvalue weighted by Gasteiger charge is 2.45. The Morgan fingerprint density at radius 2 is 2.04 bits per heavy atom. The topological polar surface area (TPSA) is 83.4 Å². The maximum Gasteiger partial charge on any atom is 0.253 e. The van der Waals surface area contributed by atoms with E-state index in [2.05, 4.69) is 32.0 Å². The predicted octanol–water partition coefficient (Wildman–Crippen LogP) is 0.506. The van der Waals surface area contributed by atoms with Crippen molar-refractivity contribution in [3.05, 3.63) is 0 Å². The number of alkyl halides is 2. The van der Waals surface area contributed by atoms with Crippen LogP contribution in [0.3, 0.4) is 0 Å². The summed E-state index contributed by atoms with van der Waals surface area (Å²) in [6.07, 6.45) is 2.19. The van der Waals surface area contributed by atoms with Crippen LogP contribution in [0, 0.1) is 29.1 Å². The molecule has 0 aromatic carbocycles. The molecule has 4 aliphatic rings. The Balaban J connectivity index is 1.42. The molecule has 0 bridgehead atoms. The van der Waals surface area contributed by atoms with Gasteiger partial charge in [-0.25, -0.2) is 14.2 Å². The van der Waals surface area contributed by atoms with E-state index in [9.17, 15) is 18.8 Å². The number of hydrazine groups is 1. The van der Waals surface area contributed by atoms with E-state index in [0.717, 1.165) is 45.4 Å². The number of hydrogen-bond donors (Lipinski definition) is 3. The number of hydrogen-bond acceptors (Lipinski definition) is 6. The van der Waals surface area contributed by atoms with Crippen LogP contribution in [0.2, 0.25) is 0 Å². The van der Waals surface area contributed by atoms with Crippen molar-refractivity contribution < 1.29 is 13.6 Å². The number of fused-ring (bicyclic) bond motifs is 1. The third-order valence-electron chi connectivity index (χ3n) is 7.20. The van der Waals surface area contributed by atoms with Crippen LogP contribution in [0.25, 0.3) is 0 Å². The van der Waals surface area contributed by atoms with E-state index >= 15 is 0 Å². The van der Waals surface area contributed by atoms with Crippen molar-refractivity contribution in [1.82, 2.24) is 26.0 Å². The summed E-state index contributed by atoms with van der Waals surface area (Å²) in [7, 11) is 0. The van der Waals surface area contributed by atoms with Crippen LogP contribution in [0.4, 0.5) is 8.78 Å². The molecular weight excluding hydrogens is 366 g/mol. The predicted molar refractivity (Wildman–Crippen MR) is 99.0 cm³/mol. The minimum Gasteiger partial charge on any atom is -0.300 e. The number of carbonyl (C=O) groups excluding carboxylic acids is 1. The third-order valence-corrected chi connectivity index (χ3v) is 7.20. The summed E-state index contributed by atoms with van der Waals surface area (Å²) >= 11 is 0. The van der Waals surface area contributed by atoms with Gasteiger partial charge in [-0.3, -0.25) is 25.3 Å². The van der Waals surface area contributed by atoms with Crippen LogP contribution >= 0.6 is 0 Å². The molecule has 3 heterocycles. The van der Waals surface area contributed by atoms with Gasteiger partial charge in [0.15, 0.2) is 0 Å². The van der Waals surface area contributed by atoms with Crippen LogP contribution in [-0.4, -0.2) is 73.1 Å². The van der Waals surface area contributed by atoms with E-state index in [1.165, 1.54) is 0 Å². The van der Waals surface area contributed by atoms with Crippen LogP contribution in [0.1, 0.15) is 32.1 Å². The number of nitrogens with zero attached hydrogens (tertiary/aromatic N) is 3. The second-order valence-corrected chi connectivity index (χ2v) is 8.68. The smallest absolute Gasteiger partial charge is 0.253 e. The lowest BCUT2D eigenvalue weighted by atomic mass is 9.79. The Labute approximate surface area is 164 Å². The van der Waals surface area contributed by atoms with Crippen molar-refractivity contribution in [2.45, 2.75) is 56.7 Å². The summed E-state index contributed by atoms with van der Waals surface area (Å²) in [5, 5.41) is 13.0. The lowest BCUT2D eigenvalue weighted by Gasteiger charge is -2.44. The number of carbonyl (C=O) groups is 1. The van der Waals surface area contributed by atoms with Crippen molar-refractivity contribution in [3.63, 3.8) is 0 Å². The molecular formula is C19H30F2N6O. The summed E-state index contributed by atoms with van der Waals surface area (Å²) in [5.41, 5.74) is 5.44. The van der Waals surface area contributed by atoms with E-state index in [1.807, 2.05) is 0 Å². The van der Waals surface area contributed by atoms with E-state index in [-0.39, 0.29) is 23.9 Å². The zero-order valence-corrected chi connectivity index (χ0v) is 16.1. The maximum absolute atomic E-state index is 13.5. The number of nitriles is 1. The number of piperidine rings is 1. The summed E-state index contributed by atoms with van der Waals surface area (Å²) in [6.45, 7) is 3.60. The third kappa shape index (κ3) is 3.88. The highest BCUT2D eigenvalue weighted by Crippen LogP contribution is 2.36. The number of rotatable bonds is 4. The highest BCUT2D eigenvalue weighted by molar-refractivity contribution is 5.82. The molecule has 7 nitrogen and oxygen atoms in total. The average molecular weight is 396 g/mol. The molecule has 0 spiro atoms. The largest absolute Gasteiger partial charge is 0.300 e.